The van der Waals surface area contributed by atoms with Crippen molar-refractivity contribution in [3.63, 3.8) is 0 Å². The van der Waals surface area contributed by atoms with Gasteiger partial charge in [0.1, 0.15) is 17.2 Å². The van der Waals surface area contributed by atoms with E-state index in [0.717, 1.165) is 43.3 Å². The van der Waals surface area contributed by atoms with Crippen LogP contribution in [0.3, 0.4) is 0 Å². The van der Waals surface area contributed by atoms with Crippen LogP contribution in [-0.2, 0) is 16.3 Å². The fraction of sp³-hybridized carbons (Fsp3) is 0.409. The number of likely N-dealkylation sites (tertiary alicyclic amines) is 1. The number of hydrogen-bond donors (Lipinski definition) is 0. The monoisotopic (exact) mass is 417 g/mol. The van der Waals surface area contributed by atoms with Crippen LogP contribution in [0.15, 0.2) is 41.3 Å². The van der Waals surface area contributed by atoms with Gasteiger partial charge in [0, 0.05) is 37.8 Å². The van der Waals surface area contributed by atoms with Crippen LogP contribution in [0, 0.1) is 12.7 Å². The van der Waals surface area contributed by atoms with Gasteiger partial charge in [-0.3, -0.25) is 4.79 Å². The van der Waals surface area contributed by atoms with E-state index in [9.17, 15) is 17.6 Å². The number of piperidine rings is 1. The Morgan fingerprint density at radius 3 is 2.48 bits per heavy atom. The zero-order chi connectivity index (χ0) is 20.8. The maximum Gasteiger partial charge on any atom is 0.253 e. The average molecular weight is 418 g/mol. The molecular formula is C22H24FNO4S. The number of amides is 1. The lowest BCUT2D eigenvalue weighted by Crippen LogP contribution is -2.51. The van der Waals surface area contributed by atoms with Crippen LogP contribution in [0.1, 0.15) is 40.7 Å². The summed E-state index contributed by atoms with van der Waals surface area (Å²) in [5, 5.41) is 0. The molecule has 7 heteroatoms. The summed E-state index contributed by atoms with van der Waals surface area (Å²) in [4.78, 5) is 15.0. The molecule has 0 saturated carbocycles. The predicted molar refractivity (Wildman–Crippen MR) is 108 cm³/mol. The molecule has 0 aromatic heterocycles. The van der Waals surface area contributed by atoms with Crippen LogP contribution in [-0.4, -0.2) is 44.2 Å². The van der Waals surface area contributed by atoms with E-state index in [1.807, 2.05) is 0 Å². The predicted octanol–water partition coefficient (Wildman–Crippen LogP) is 3.54. The van der Waals surface area contributed by atoms with Crippen LogP contribution >= 0.6 is 0 Å². The molecule has 1 saturated heterocycles. The first-order valence-corrected chi connectivity index (χ1v) is 11.6. The molecule has 1 fully saturated rings. The highest BCUT2D eigenvalue weighted by Crippen LogP contribution is 2.39. The molecule has 5 nitrogen and oxygen atoms in total. The fourth-order valence-electron chi connectivity index (χ4n) is 4.34. The largest absolute Gasteiger partial charge is 0.487 e. The SMILES string of the molecule is Cc1cc(C(=O)N2CCC3(CCc4cc(F)ccc4O3)CC2)ccc1S(C)(=O)=O. The maximum atomic E-state index is 13.4. The smallest absolute Gasteiger partial charge is 0.253 e. The second-order valence-electron chi connectivity index (χ2n) is 8.08. The number of carbonyl (C=O) groups is 1. The Morgan fingerprint density at radius 2 is 1.83 bits per heavy atom. The first kappa shape index (κ1) is 19.9. The van der Waals surface area contributed by atoms with Gasteiger partial charge in [-0.15, -0.1) is 0 Å². The van der Waals surface area contributed by atoms with Crippen molar-refractivity contribution in [2.24, 2.45) is 0 Å². The molecule has 1 amide bonds. The Bertz CT molecular complexity index is 1070. The molecule has 0 radical (unpaired) electrons. The number of halogens is 1. The van der Waals surface area contributed by atoms with E-state index in [2.05, 4.69) is 0 Å². The molecule has 2 aliphatic heterocycles. The molecule has 154 valence electrons. The molecule has 4 rings (SSSR count). The van der Waals surface area contributed by atoms with E-state index in [1.54, 1.807) is 30.0 Å². The molecule has 0 unspecified atom stereocenters. The highest BCUT2D eigenvalue weighted by molar-refractivity contribution is 7.90. The van der Waals surface area contributed by atoms with Crippen molar-refractivity contribution < 1.29 is 22.3 Å². The molecular weight excluding hydrogens is 393 g/mol. The lowest BCUT2D eigenvalue weighted by Gasteiger charge is -2.44. The standard InChI is InChI=1S/C22H24FNO4S/c1-15-13-17(3-6-20(15)29(2,26)27)21(25)24-11-9-22(10-12-24)8-7-16-14-18(23)4-5-19(16)28-22/h3-6,13-14H,7-12H2,1-2H3. The number of nitrogens with zero attached hydrogens (tertiary/aromatic N) is 1. The van der Waals surface area contributed by atoms with Gasteiger partial charge >= 0.3 is 0 Å². The number of fused-ring (bicyclic) bond motifs is 1. The number of benzene rings is 2. The summed E-state index contributed by atoms with van der Waals surface area (Å²) in [6.07, 6.45) is 4.18. The molecule has 0 bridgehead atoms. The summed E-state index contributed by atoms with van der Waals surface area (Å²) in [7, 11) is -3.31. The second kappa shape index (κ2) is 7.13. The van der Waals surface area contributed by atoms with Crippen LogP contribution in [0.2, 0.25) is 0 Å². The van der Waals surface area contributed by atoms with E-state index in [4.69, 9.17) is 4.74 Å². The Labute approximate surface area is 170 Å². The van der Waals surface area contributed by atoms with Crippen LogP contribution in [0.25, 0.3) is 0 Å². The van der Waals surface area contributed by atoms with Gasteiger partial charge in [0.2, 0.25) is 0 Å². The third kappa shape index (κ3) is 3.88. The molecule has 2 heterocycles. The van der Waals surface area contributed by atoms with Crippen molar-refractivity contribution in [3.8, 4) is 5.75 Å². The highest BCUT2D eigenvalue weighted by Gasteiger charge is 2.40. The molecule has 29 heavy (non-hydrogen) atoms. The summed E-state index contributed by atoms with van der Waals surface area (Å²) in [5.41, 5.74) is 1.66. The molecule has 0 N–H and O–H groups in total. The minimum absolute atomic E-state index is 0.0960. The number of sulfone groups is 1. The maximum absolute atomic E-state index is 13.4. The van der Waals surface area contributed by atoms with Crippen molar-refractivity contribution in [1.82, 2.24) is 4.90 Å². The zero-order valence-corrected chi connectivity index (χ0v) is 17.4. The van der Waals surface area contributed by atoms with Gasteiger partial charge in [0.25, 0.3) is 5.91 Å². The molecule has 0 atom stereocenters. The van der Waals surface area contributed by atoms with Gasteiger partial charge in [-0.25, -0.2) is 12.8 Å². The van der Waals surface area contributed by atoms with E-state index < -0.39 is 9.84 Å². The summed E-state index contributed by atoms with van der Waals surface area (Å²) in [6, 6.07) is 9.37. The lowest BCUT2D eigenvalue weighted by molar-refractivity contribution is -0.0108. The van der Waals surface area contributed by atoms with Crippen molar-refractivity contribution in [2.45, 2.75) is 43.1 Å². The summed E-state index contributed by atoms with van der Waals surface area (Å²) < 4.78 is 43.2. The number of carbonyl (C=O) groups excluding carboxylic acids is 1. The van der Waals surface area contributed by atoms with Gasteiger partial charge in [-0.1, -0.05) is 0 Å². The molecule has 1 spiro atoms. The molecule has 2 aromatic carbocycles. The van der Waals surface area contributed by atoms with E-state index >= 15 is 0 Å². The molecule has 2 aromatic rings. The highest BCUT2D eigenvalue weighted by atomic mass is 32.2. The topological polar surface area (TPSA) is 63.7 Å². The van der Waals surface area contributed by atoms with Crippen molar-refractivity contribution >= 4 is 15.7 Å². The first-order chi connectivity index (χ1) is 13.7. The third-order valence-electron chi connectivity index (χ3n) is 5.98. The van der Waals surface area contributed by atoms with Crippen molar-refractivity contribution in [2.75, 3.05) is 19.3 Å². The van der Waals surface area contributed by atoms with Gasteiger partial charge in [-0.05, 0) is 67.3 Å². The molecule has 2 aliphatic rings. The first-order valence-electron chi connectivity index (χ1n) is 9.74. The van der Waals surface area contributed by atoms with Gasteiger partial charge in [0.15, 0.2) is 9.84 Å². The van der Waals surface area contributed by atoms with Gasteiger partial charge in [-0.2, -0.15) is 0 Å². The minimum Gasteiger partial charge on any atom is -0.487 e. The van der Waals surface area contributed by atoms with Gasteiger partial charge in [0.05, 0.1) is 4.90 Å². The Kier molecular flexibility index (Phi) is 4.89. The zero-order valence-electron chi connectivity index (χ0n) is 16.6. The fourth-order valence-corrected chi connectivity index (χ4v) is 5.30. The quantitative estimate of drug-likeness (QED) is 0.750. The van der Waals surface area contributed by atoms with E-state index in [0.29, 0.717) is 24.2 Å². The van der Waals surface area contributed by atoms with E-state index in [1.165, 1.54) is 18.2 Å². The summed E-state index contributed by atoms with van der Waals surface area (Å²) in [6.45, 7) is 2.85. The van der Waals surface area contributed by atoms with Crippen LogP contribution in [0.5, 0.6) is 5.75 Å². The number of rotatable bonds is 2. The number of aryl methyl sites for hydroxylation is 2. The van der Waals surface area contributed by atoms with Crippen LogP contribution in [0.4, 0.5) is 4.39 Å². The number of hydrogen-bond acceptors (Lipinski definition) is 4. The Balaban J connectivity index is 1.45. The van der Waals surface area contributed by atoms with Crippen molar-refractivity contribution in [3.05, 3.63) is 58.9 Å². The summed E-state index contributed by atoms with van der Waals surface area (Å²) in [5.74, 6) is 0.395. The Hall–Kier alpha value is -2.41. The normalized spacial score (nSPS) is 18.2. The van der Waals surface area contributed by atoms with Crippen LogP contribution < -0.4 is 4.74 Å². The second-order valence-corrected chi connectivity index (χ2v) is 10.1. The number of ether oxygens (including phenoxy) is 1. The van der Waals surface area contributed by atoms with E-state index in [-0.39, 0.29) is 22.2 Å². The third-order valence-corrected chi connectivity index (χ3v) is 7.24. The lowest BCUT2D eigenvalue weighted by atomic mass is 9.83. The van der Waals surface area contributed by atoms with Gasteiger partial charge < -0.3 is 9.64 Å². The minimum atomic E-state index is -3.31. The van der Waals surface area contributed by atoms with Crippen molar-refractivity contribution in [1.29, 1.82) is 0 Å². The average Bonchev–Trinajstić information content (AvgIpc) is 2.67. The Morgan fingerprint density at radius 1 is 1.10 bits per heavy atom. The molecule has 0 aliphatic carbocycles. The summed E-state index contributed by atoms with van der Waals surface area (Å²) >= 11 is 0.